The predicted molar refractivity (Wildman–Crippen MR) is 77.2 cm³/mol. The molecule has 0 saturated heterocycles. The molecule has 1 aromatic carbocycles. The summed E-state index contributed by atoms with van der Waals surface area (Å²) in [7, 11) is -2.44. The van der Waals surface area contributed by atoms with E-state index in [-0.39, 0.29) is 23.7 Å². The van der Waals surface area contributed by atoms with Crippen molar-refractivity contribution in [2.45, 2.75) is 11.8 Å². The van der Waals surface area contributed by atoms with Gasteiger partial charge in [0.15, 0.2) is 0 Å². The van der Waals surface area contributed by atoms with Gasteiger partial charge >= 0.3 is 0 Å². The molecule has 0 aliphatic carbocycles. The SMILES string of the molecule is CCOCCN(C)S(=O)(=O)c1ccc(NN)c([N+](=O)[O-])c1. The van der Waals surface area contributed by atoms with Crippen LogP contribution >= 0.6 is 0 Å². The summed E-state index contributed by atoms with van der Waals surface area (Å²) in [5.41, 5.74) is 1.79. The number of likely N-dealkylation sites (N-methyl/N-ethyl adjacent to an activating group) is 1. The van der Waals surface area contributed by atoms with Crippen LogP contribution in [0.5, 0.6) is 0 Å². The maximum Gasteiger partial charge on any atom is 0.294 e. The molecule has 0 unspecified atom stereocenters. The zero-order chi connectivity index (χ0) is 16.0. The second-order valence-electron chi connectivity index (χ2n) is 4.10. The highest BCUT2D eigenvalue weighted by Crippen LogP contribution is 2.27. The van der Waals surface area contributed by atoms with Crippen LogP contribution in [0.1, 0.15) is 6.92 Å². The van der Waals surface area contributed by atoms with Crippen molar-refractivity contribution in [2.75, 3.05) is 32.2 Å². The number of nitrogens with one attached hydrogen (secondary N) is 1. The summed E-state index contributed by atoms with van der Waals surface area (Å²) in [5.74, 6) is 5.16. The van der Waals surface area contributed by atoms with Crippen LogP contribution in [0, 0.1) is 10.1 Å². The van der Waals surface area contributed by atoms with Crippen LogP contribution in [0.3, 0.4) is 0 Å². The quantitative estimate of drug-likeness (QED) is 0.310. The van der Waals surface area contributed by atoms with Crippen LogP contribution in [-0.4, -0.2) is 44.5 Å². The minimum Gasteiger partial charge on any atom is -0.380 e. The molecular weight excluding hydrogens is 300 g/mol. The molecule has 1 aromatic rings. The van der Waals surface area contributed by atoms with Gasteiger partial charge in [-0.2, -0.15) is 4.31 Å². The Kier molecular flexibility index (Phi) is 6.03. The molecule has 118 valence electrons. The lowest BCUT2D eigenvalue weighted by Crippen LogP contribution is -2.30. The van der Waals surface area contributed by atoms with Crippen LogP contribution in [-0.2, 0) is 14.8 Å². The maximum absolute atomic E-state index is 12.3. The van der Waals surface area contributed by atoms with E-state index in [0.717, 1.165) is 10.4 Å². The minimum absolute atomic E-state index is 0.0379. The van der Waals surface area contributed by atoms with Gasteiger partial charge < -0.3 is 10.2 Å². The van der Waals surface area contributed by atoms with Crippen LogP contribution in [0.15, 0.2) is 23.1 Å². The lowest BCUT2D eigenvalue weighted by atomic mass is 10.3. The summed E-state index contributed by atoms with van der Waals surface area (Å²) in [6.45, 7) is 2.68. The van der Waals surface area contributed by atoms with Crippen molar-refractivity contribution >= 4 is 21.4 Å². The number of hydrazine groups is 1. The van der Waals surface area contributed by atoms with Gasteiger partial charge in [0, 0.05) is 26.3 Å². The highest BCUT2D eigenvalue weighted by Gasteiger charge is 2.24. The summed E-state index contributed by atoms with van der Waals surface area (Å²) >= 11 is 0. The van der Waals surface area contributed by atoms with Gasteiger partial charge in [0.2, 0.25) is 10.0 Å². The van der Waals surface area contributed by atoms with E-state index in [1.807, 2.05) is 0 Å². The molecular formula is C11H18N4O5S. The van der Waals surface area contributed by atoms with Crippen molar-refractivity contribution < 1.29 is 18.1 Å². The molecule has 0 aliphatic rings. The van der Waals surface area contributed by atoms with E-state index in [1.165, 1.54) is 19.2 Å². The fraction of sp³-hybridized carbons (Fsp3) is 0.455. The Hall–Kier alpha value is -1.75. The molecule has 0 amide bonds. The Bertz CT molecular complexity index is 605. The Balaban J connectivity index is 3.08. The number of nitro groups is 1. The maximum atomic E-state index is 12.3. The van der Waals surface area contributed by atoms with Crippen molar-refractivity contribution in [3.63, 3.8) is 0 Å². The Morgan fingerprint density at radius 1 is 1.48 bits per heavy atom. The van der Waals surface area contributed by atoms with Gasteiger partial charge in [-0.25, -0.2) is 8.42 Å². The molecule has 0 atom stereocenters. The zero-order valence-corrected chi connectivity index (χ0v) is 12.6. The lowest BCUT2D eigenvalue weighted by molar-refractivity contribution is -0.384. The summed E-state index contributed by atoms with van der Waals surface area (Å²) in [4.78, 5) is 10.0. The summed E-state index contributed by atoms with van der Waals surface area (Å²) in [6, 6.07) is 3.48. The van der Waals surface area contributed by atoms with E-state index in [2.05, 4.69) is 5.43 Å². The number of sulfonamides is 1. The third-order valence-electron chi connectivity index (χ3n) is 2.78. The number of rotatable bonds is 8. The molecule has 0 aliphatic heterocycles. The third kappa shape index (κ3) is 4.11. The fourth-order valence-electron chi connectivity index (χ4n) is 1.58. The Labute approximate surface area is 122 Å². The van der Waals surface area contributed by atoms with Gasteiger partial charge in [0.1, 0.15) is 5.69 Å². The molecule has 0 aromatic heterocycles. The average Bonchev–Trinajstić information content (AvgIpc) is 2.46. The Morgan fingerprint density at radius 2 is 2.14 bits per heavy atom. The van der Waals surface area contributed by atoms with Crippen LogP contribution in [0.2, 0.25) is 0 Å². The van der Waals surface area contributed by atoms with Gasteiger partial charge in [-0.1, -0.05) is 0 Å². The molecule has 1 rings (SSSR count). The minimum atomic E-state index is -3.82. The van der Waals surface area contributed by atoms with Crippen molar-refractivity contribution in [1.82, 2.24) is 4.31 Å². The van der Waals surface area contributed by atoms with Crippen molar-refractivity contribution in [3.05, 3.63) is 28.3 Å². The first-order chi connectivity index (χ1) is 9.84. The number of nitrogens with zero attached hydrogens (tertiary/aromatic N) is 2. The number of anilines is 1. The van der Waals surface area contributed by atoms with E-state index in [9.17, 15) is 18.5 Å². The van der Waals surface area contributed by atoms with Crippen molar-refractivity contribution in [2.24, 2.45) is 5.84 Å². The molecule has 0 saturated carbocycles. The summed E-state index contributed by atoms with van der Waals surface area (Å²) < 4.78 is 30.8. The van der Waals surface area contributed by atoms with Crippen LogP contribution in [0.25, 0.3) is 0 Å². The molecule has 21 heavy (non-hydrogen) atoms. The molecule has 3 N–H and O–H groups in total. The number of nitro benzene ring substituents is 1. The second-order valence-corrected chi connectivity index (χ2v) is 6.15. The highest BCUT2D eigenvalue weighted by atomic mass is 32.2. The third-order valence-corrected chi connectivity index (χ3v) is 4.64. The van der Waals surface area contributed by atoms with Crippen molar-refractivity contribution in [3.8, 4) is 0 Å². The molecule has 10 heteroatoms. The van der Waals surface area contributed by atoms with Crippen molar-refractivity contribution in [1.29, 1.82) is 0 Å². The van der Waals surface area contributed by atoms with E-state index < -0.39 is 20.6 Å². The average molecular weight is 318 g/mol. The standard InChI is InChI=1S/C11H18N4O5S/c1-3-20-7-6-14(2)21(18,19)9-4-5-10(13-12)11(8-9)15(16)17/h4-5,8,13H,3,6-7,12H2,1-2H3. The van der Waals surface area contributed by atoms with Gasteiger partial charge in [-0.15, -0.1) is 0 Å². The van der Waals surface area contributed by atoms with Crippen LogP contribution < -0.4 is 11.3 Å². The largest absolute Gasteiger partial charge is 0.380 e. The van der Waals surface area contributed by atoms with E-state index in [0.29, 0.717) is 6.61 Å². The first-order valence-electron chi connectivity index (χ1n) is 6.13. The Morgan fingerprint density at radius 3 is 2.67 bits per heavy atom. The predicted octanol–water partition coefficient (Wildman–Crippen LogP) is 0.537. The monoisotopic (exact) mass is 318 g/mol. The summed E-state index contributed by atoms with van der Waals surface area (Å²) in [6.07, 6.45) is 0. The molecule has 0 radical (unpaired) electrons. The molecule has 0 spiro atoms. The molecule has 0 bridgehead atoms. The number of hydrogen-bond acceptors (Lipinski definition) is 7. The normalized spacial score (nSPS) is 11.6. The van der Waals surface area contributed by atoms with Gasteiger partial charge in [-0.3, -0.25) is 16.0 Å². The van der Waals surface area contributed by atoms with Gasteiger partial charge in [0.25, 0.3) is 5.69 Å². The number of ether oxygens (including phenoxy) is 1. The molecule has 0 heterocycles. The van der Waals surface area contributed by atoms with E-state index in [4.69, 9.17) is 10.6 Å². The number of nitrogens with two attached hydrogens (primary N) is 1. The lowest BCUT2D eigenvalue weighted by Gasteiger charge is -2.17. The molecule has 0 fully saturated rings. The first kappa shape index (κ1) is 17.3. The topological polar surface area (TPSA) is 128 Å². The summed E-state index contributed by atoms with van der Waals surface area (Å²) in [5, 5.41) is 10.9. The smallest absolute Gasteiger partial charge is 0.294 e. The molecule has 9 nitrogen and oxygen atoms in total. The fourth-order valence-corrected chi connectivity index (χ4v) is 2.76. The highest BCUT2D eigenvalue weighted by molar-refractivity contribution is 7.89. The number of nitrogen functional groups attached to an aromatic ring is 1. The van der Waals surface area contributed by atoms with Gasteiger partial charge in [0.05, 0.1) is 16.4 Å². The van der Waals surface area contributed by atoms with Gasteiger partial charge in [-0.05, 0) is 19.1 Å². The number of benzene rings is 1. The van der Waals surface area contributed by atoms with E-state index >= 15 is 0 Å². The first-order valence-corrected chi connectivity index (χ1v) is 7.57. The number of hydrogen-bond donors (Lipinski definition) is 2. The second kappa shape index (κ2) is 7.31. The zero-order valence-electron chi connectivity index (χ0n) is 11.8. The van der Waals surface area contributed by atoms with Crippen LogP contribution in [0.4, 0.5) is 11.4 Å². The van der Waals surface area contributed by atoms with E-state index in [1.54, 1.807) is 6.92 Å².